The van der Waals surface area contributed by atoms with Crippen LogP contribution in [-0.2, 0) is 6.54 Å². The molecule has 1 aliphatic carbocycles. The fraction of sp³-hybridized carbons (Fsp3) is 0.278. The molecule has 3 rings (SSSR count). The second-order valence-corrected chi connectivity index (χ2v) is 5.74. The number of hydrogen-bond donors (Lipinski definition) is 1. The second kappa shape index (κ2) is 5.49. The van der Waals surface area contributed by atoms with E-state index in [0.29, 0.717) is 6.04 Å². The summed E-state index contributed by atoms with van der Waals surface area (Å²) in [6.45, 7) is 2.87. The Hall–Kier alpha value is -2.47. The minimum Gasteiger partial charge on any atom is -0.399 e. The van der Waals surface area contributed by atoms with E-state index in [1.54, 1.807) is 0 Å². The first kappa shape index (κ1) is 13.5. The molecule has 0 heterocycles. The highest BCUT2D eigenvalue weighted by Crippen LogP contribution is 2.35. The van der Waals surface area contributed by atoms with Crippen molar-refractivity contribution in [3.8, 4) is 6.07 Å². The van der Waals surface area contributed by atoms with Crippen molar-refractivity contribution in [2.75, 3.05) is 10.6 Å². The van der Waals surface area contributed by atoms with Gasteiger partial charge in [-0.05, 0) is 55.2 Å². The molecule has 1 fully saturated rings. The Morgan fingerprint density at radius 1 is 1.24 bits per heavy atom. The van der Waals surface area contributed by atoms with Crippen LogP contribution in [0.5, 0.6) is 0 Å². The Balaban J connectivity index is 1.96. The van der Waals surface area contributed by atoms with E-state index in [9.17, 15) is 5.26 Å². The van der Waals surface area contributed by atoms with Crippen molar-refractivity contribution in [3.05, 3.63) is 59.2 Å². The zero-order valence-corrected chi connectivity index (χ0v) is 12.2. The minimum atomic E-state index is 0.542. The first-order valence-electron chi connectivity index (χ1n) is 7.29. The molecule has 0 saturated heterocycles. The van der Waals surface area contributed by atoms with E-state index in [4.69, 9.17) is 5.73 Å². The van der Waals surface area contributed by atoms with Crippen LogP contribution in [0.25, 0.3) is 0 Å². The van der Waals surface area contributed by atoms with Crippen LogP contribution in [0.2, 0.25) is 0 Å². The number of anilines is 2. The molecule has 2 aromatic rings. The zero-order chi connectivity index (χ0) is 14.8. The van der Waals surface area contributed by atoms with Gasteiger partial charge in [0.05, 0.1) is 11.3 Å². The molecule has 21 heavy (non-hydrogen) atoms. The third-order valence-electron chi connectivity index (χ3n) is 3.87. The number of hydrogen-bond acceptors (Lipinski definition) is 3. The lowest BCUT2D eigenvalue weighted by Gasteiger charge is -2.26. The smallest absolute Gasteiger partial charge is 0.101 e. The van der Waals surface area contributed by atoms with Gasteiger partial charge < -0.3 is 10.6 Å². The molecule has 0 amide bonds. The number of nitrogens with two attached hydrogens (primary N) is 1. The van der Waals surface area contributed by atoms with Gasteiger partial charge >= 0.3 is 0 Å². The lowest BCUT2D eigenvalue weighted by atomic mass is 10.1. The first-order valence-corrected chi connectivity index (χ1v) is 7.29. The SMILES string of the molecule is Cc1ccc(C#N)c(N(Cc2cccc(N)c2)C2CC2)c1. The summed E-state index contributed by atoms with van der Waals surface area (Å²) >= 11 is 0. The Morgan fingerprint density at radius 3 is 2.71 bits per heavy atom. The third kappa shape index (κ3) is 3.00. The summed E-state index contributed by atoms with van der Waals surface area (Å²) in [7, 11) is 0. The number of nitrogen functional groups attached to an aromatic ring is 1. The number of rotatable bonds is 4. The van der Waals surface area contributed by atoms with Gasteiger partial charge in [0.1, 0.15) is 6.07 Å². The van der Waals surface area contributed by atoms with Crippen molar-refractivity contribution in [1.29, 1.82) is 5.26 Å². The summed E-state index contributed by atoms with van der Waals surface area (Å²) in [5, 5.41) is 9.37. The molecule has 0 radical (unpaired) electrons. The molecular formula is C18H19N3. The molecule has 106 valence electrons. The number of nitriles is 1. The Bertz CT molecular complexity index is 696. The average molecular weight is 277 g/mol. The summed E-state index contributed by atoms with van der Waals surface area (Å²) in [6.07, 6.45) is 2.39. The van der Waals surface area contributed by atoms with Gasteiger partial charge in [-0.2, -0.15) is 5.26 Å². The van der Waals surface area contributed by atoms with Gasteiger partial charge in [0.25, 0.3) is 0 Å². The lowest BCUT2D eigenvalue weighted by molar-refractivity contribution is 0.793. The molecule has 0 aliphatic heterocycles. The normalized spacial score (nSPS) is 13.7. The quantitative estimate of drug-likeness (QED) is 0.868. The van der Waals surface area contributed by atoms with Crippen molar-refractivity contribution in [1.82, 2.24) is 0 Å². The number of aryl methyl sites for hydroxylation is 1. The molecule has 0 bridgehead atoms. The lowest BCUT2D eigenvalue weighted by Crippen LogP contribution is -2.26. The van der Waals surface area contributed by atoms with Crippen molar-refractivity contribution in [3.63, 3.8) is 0 Å². The summed E-state index contributed by atoms with van der Waals surface area (Å²) in [6, 6.07) is 16.9. The largest absolute Gasteiger partial charge is 0.399 e. The predicted octanol–water partition coefficient (Wildman–Crippen LogP) is 3.62. The fourth-order valence-corrected chi connectivity index (χ4v) is 2.66. The zero-order valence-electron chi connectivity index (χ0n) is 12.2. The molecule has 0 spiro atoms. The molecule has 0 atom stereocenters. The molecule has 3 nitrogen and oxygen atoms in total. The highest BCUT2D eigenvalue weighted by Gasteiger charge is 2.30. The summed E-state index contributed by atoms with van der Waals surface area (Å²) in [5.41, 5.74) is 10.8. The van der Waals surface area contributed by atoms with Crippen LogP contribution in [-0.4, -0.2) is 6.04 Å². The maximum absolute atomic E-state index is 9.37. The van der Waals surface area contributed by atoms with Gasteiger partial charge in [-0.25, -0.2) is 0 Å². The summed E-state index contributed by atoms with van der Waals surface area (Å²) in [4.78, 5) is 2.35. The van der Waals surface area contributed by atoms with E-state index in [2.05, 4.69) is 30.0 Å². The first-order chi connectivity index (χ1) is 10.2. The van der Waals surface area contributed by atoms with Gasteiger partial charge in [0.2, 0.25) is 0 Å². The van der Waals surface area contributed by atoms with Crippen molar-refractivity contribution < 1.29 is 0 Å². The highest BCUT2D eigenvalue weighted by atomic mass is 15.2. The van der Waals surface area contributed by atoms with Crippen LogP contribution in [0, 0.1) is 18.3 Å². The van der Waals surface area contributed by atoms with E-state index in [1.165, 1.54) is 24.0 Å². The van der Waals surface area contributed by atoms with E-state index >= 15 is 0 Å². The maximum atomic E-state index is 9.37. The van der Waals surface area contributed by atoms with Gasteiger partial charge in [0, 0.05) is 18.3 Å². The molecule has 3 heteroatoms. The molecule has 2 aromatic carbocycles. The predicted molar refractivity (Wildman–Crippen MR) is 86.0 cm³/mol. The van der Waals surface area contributed by atoms with Crippen LogP contribution in [0.4, 0.5) is 11.4 Å². The summed E-state index contributed by atoms with van der Waals surface area (Å²) < 4.78 is 0. The second-order valence-electron chi connectivity index (χ2n) is 5.74. The van der Waals surface area contributed by atoms with E-state index in [0.717, 1.165) is 23.5 Å². The van der Waals surface area contributed by atoms with Crippen molar-refractivity contribution >= 4 is 11.4 Å². The minimum absolute atomic E-state index is 0.542. The van der Waals surface area contributed by atoms with E-state index < -0.39 is 0 Å². The van der Waals surface area contributed by atoms with Crippen LogP contribution in [0.15, 0.2) is 42.5 Å². The van der Waals surface area contributed by atoms with Gasteiger partial charge in [-0.15, -0.1) is 0 Å². The van der Waals surface area contributed by atoms with Gasteiger partial charge in [-0.1, -0.05) is 18.2 Å². The standard InChI is InChI=1S/C18H19N3/c1-13-5-6-15(11-19)18(9-13)21(17-7-8-17)12-14-3-2-4-16(20)10-14/h2-6,9-10,17H,7-8,12,20H2,1H3. The Kier molecular flexibility index (Phi) is 3.53. The molecule has 0 aromatic heterocycles. The maximum Gasteiger partial charge on any atom is 0.101 e. The van der Waals surface area contributed by atoms with Crippen molar-refractivity contribution in [2.24, 2.45) is 0 Å². The Morgan fingerprint density at radius 2 is 2.05 bits per heavy atom. The van der Waals surface area contributed by atoms with Gasteiger partial charge in [0.15, 0.2) is 0 Å². The average Bonchev–Trinajstić information content (AvgIpc) is 3.29. The van der Waals surface area contributed by atoms with E-state index in [-0.39, 0.29) is 0 Å². The molecule has 2 N–H and O–H groups in total. The molecule has 1 aliphatic rings. The third-order valence-corrected chi connectivity index (χ3v) is 3.87. The Labute approximate surface area is 125 Å². The van der Waals surface area contributed by atoms with Crippen molar-refractivity contribution in [2.45, 2.75) is 32.4 Å². The highest BCUT2D eigenvalue weighted by molar-refractivity contribution is 5.62. The molecule has 0 unspecified atom stereocenters. The fourth-order valence-electron chi connectivity index (χ4n) is 2.66. The van der Waals surface area contributed by atoms with Crippen LogP contribution in [0.1, 0.15) is 29.5 Å². The topological polar surface area (TPSA) is 53.0 Å². The van der Waals surface area contributed by atoms with Crippen LogP contribution in [0.3, 0.4) is 0 Å². The van der Waals surface area contributed by atoms with Crippen LogP contribution >= 0.6 is 0 Å². The van der Waals surface area contributed by atoms with Gasteiger partial charge in [-0.3, -0.25) is 0 Å². The molecular weight excluding hydrogens is 258 g/mol. The molecule has 1 saturated carbocycles. The van der Waals surface area contributed by atoms with Crippen LogP contribution < -0.4 is 10.6 Å². The number of nitrogens with zero attached hydrogens (tertiary/aromatic N) is 2. The summed E-state index contributed by atoms with van der Waals surface area (Å²) in [5.74, 6) is 0. The number of benzene rings is 2. The monoisotopic (exact) mass is 277 g/mol. The van der Waals surface area contributed by atoms with E-state index in [1.807, 2.05) is 30.3 Å².